The molecule has 2 aromatic heterocycles. The van der Waals surface area contributed by atoms with E-state index in [1.54, 1.807) is 23.7 Å². The normalized spacial score (nSPS) is 12.5. The van der Waals surface area contributed by atoms with E-state index in [9.17, 15) is 4.79 Å². The first-order valence-corrected chi connectivity index (χ1v) is 7.04. The molecule has 0 fully saturated rings. The predicted octanol–water partition coefficient (Wildman–Crippen LogP) is 2.59. The molecule has 0 aliphatic carbocycles. The molecule has 0 saturated heterocycles. The first-order valence-electron chi connectivity index (χ1n) is 7.04. The van der Waals surface area contributed by atoms with Gasteiger partial charge in [-0.1, -0.05) is 5.16 Å². The molecule has 114 valence electrons. The van der Waals surface area contributed by atoms with Gasteiger partial charge in [-0.3, -0.25) is 4.79 Å². The van der Waals surface area contributed by atoms with Gasteiger partial charge in [0.1, 0.15) is 11.5 Å². The number of nitrogens with two attached hydrogens (primary N) is 1. The number of aryl methyl sites for hydroxylation is 2. The number of hydrogen-bond donors (Lipinski definition) is 2. The molecule has 6 heteroatoms. The minimum Gasteiger partial charge on any atom is -0.399 e. The monoisotopic (exact) mass is 298 g/mol. The van der Waals surface area contributed by atoms with Crippen molar-refractivity contribution >= 4 is 22.3 Å². The molecule has 0 amide bonds. The highest BCUT2D eigenvalue weighted by atomic mass is 16.5. The molecule has 3 N–H and O–H groups in total. The lowest BCUT2D eigenvalue weighted by molar-refractivity contribution is 0.388. The van der Waals surface area contributed by atoms with Gasteiger partial charge < -0.3 is 20.1 Å². The molecule has 3 aromatic rings. The third-order valence-electron chi connectivity index (χ3n) is 3.73. The van der Waals surface area contributed by atoms with Gasteiger partial charge in [-0.25, -0.2) is 0 Å². The van der Waals surface area contributed by atoms with Gasteiger partial charge in [-0.15, -0.1) is 0 Å². The number of aromatic nitrogens is 2. The van der Waals surface area contributed by atoms with Gasteiger partial charge in [0.2, 0.25) is 0 Å². The zero-order chi connectivity index (χ0) is 15.9. The van der Waals surface area contributed by atoms with Crippen LogP contribution in [0.25, 0.3) is 10.9 Å². The molecule has 0 spiro atoms. The van der Waals surface area contributed by atoms with E-state index in [4.69, 9.17) is 10.3 Å². The maximum atomic E-state index is 12.1. The number of nitrogens with zero attached hydrogens (tertiary/aromatic N) is 2. The molecule has 0 radical (unpaired) electrons. The molecule has 1 atom stereocenters. The smallest absolute Gasteiger partial charge is 0.252 e. The number of rotatable bonds is 3. The Balaban J connectivity index is 2.08. The summed E-state index contributed by atoms with van der Waals surface area (Å²) in [6.45, 7) is 3.81. The largest absolute Gasteiger partial charge is 0.399 e. The van der Waals surface area contributed by atoms with Crippen molar-refractivity contribution in [2.24, 2.45) is 7.05 Å². The van der Waals surface area contributed by atoms with Gasteiger partial charge >= 0.3 is 0 Å². The van der Waals surface area contributed by atoms with Crippen molar-refractivity contribution in [2.75, 3.05) is 11.1 Å². The Morgan fingerprint density at radius 3 is 2.77 bits per heavy atom. The van der Waals surface area contributed by atoms with Crippen LogP contribution in [0.3, 0.4) is 0 Å². The van der Waals surface area contributed by atoms with Crippen LogP contribution < -0.4 is 16.6 Å². The van der Waals surface area contributed by atoms with Crippen molar-refractivity contribution in [3.05, 3.63) is 52.1 Å². The lowest BCUT2D eigenvalue weighted by Gasteiger charge is -2.16. The SMILES string of the molecule is Cc1cc(C(C)Nc2cc(=O)n(C)c3ccc(N)cc23)no1. The number of nitrogens with one attached hydrogen (secondary N) is 1. The average molecular weight is 298 g/mol. The van der Waals surface area contributed by atoms with E-state index >= 15 is 0 Å². The zero-order valence-electron chi connectivity index (χ0n) is 12.8. The third-order valence-corrected chi connectivity index (χ3v) is 3.73. The third kappa shape index (κ3) is 2.43. The minimum atomic E-state index is -0.0887. The summed E-state index contributed by atoms with van der Waals surface area (Å²) in [5.74, 6) is 0.752. The van der Waals surface area contributed by atoms with E-state index in [1.807, 2.05) is 32.0 Å². The summed E-state index contributed by atoms with van der Waals surface area (Å²) in [5.41, 5.74) is 8.80. The molecule has 0 saturated carbocycles. The maximum Gasteiger partial charge on any atom is 0.252 e. The Labute approximate surface area is 127 Å². The van der Waals surface area contributed by atoms with E-state index in [0.717, 1.165) is 28.0 Å². The van der Waals surface area contributed by atoms with Crippen LogP contribution in [0.2, 0.25) is 0 Å². The highest BCUT2D eigenvalue weighted by Gasteiger charge is 2.13. The Morgan fingerprint density at radius 2 is 2.09 bits per heavy atom. The van der Waals surface area contributed by atoms with Gasteiger partial charge in [-0.2, -0.15) is 0 Å². The van der Waals surface area contributed by atoms with Gasteiger partial charge in [0.15, 0.2) is 0 Å². The molecule has 1 aromatic carbocycles. The summed E-state index contributed by atoms with van der Waals surface area (Å²) in [6, 6.07) is 8.85. The Kier molecular flexibility index (Phi) is 3.36. The molecule has 2 heterocycles. The second-order valence-corrected chi connectivity index (χ2v) is 5.46. The quantitative estimate of drug-likeness (QED) is 0.726. The van der Waals surface area contributed by atoms with Crippen molar-refractivity contribution in [3.63, 3.8) is 0 Å². The van der Waals surface area contributed by atoms with E-state index in [2.05, 4.69) is 10.5 Å². The highest BCUT2D eigenvalue weighted by molar-refractivity contribution is 5.93. The number of nitrogen functional groups attached to an aromatic ring is 1. The van der Waals surface area contributed by atoms with Crippen LogP contribution >= 0.6 is 0 Å². The second-order valence-electron chi connectivity index (χ2n) is 5.46. The molecule has 0 aliphatic heterocycles. The second kappa shape index (κ2) is 5.22. The fraction of sp³-hybridized carbons (Fsp3) is 0.250. The van der Waals surface area contributed by atoms with E-state index in [0.29, 0.717) is 5.69 Å². The average Bonchev–Trinajstić information content (AvgIpc) is 2.91. The van der Waals surface area contributed by atoms with Crippen molar-refractivity contribution in [3.8, 4) is 0 Å². The van der Waals surface area contributed by atoms with Gasteiger partial charge in [-0.05, 0) is 32.0 Å². The standard InChI is InChI=1S/C16H18N4O2/c1-9-6-13(19-22-9)10(2)18-14-8-16(21)20(3)15-5-4-11(17)7-12(14)15/h4-8,10,18H,17H2,1-3H3. The molecule has 0 aliphatic rings. The topological polar surface area (TPSA) is 86.1 Å². The number of hydrogen-bond acceptors (Lipinski definition) is 5. The molecular formula is C16H18N4O2. The molecule has 3 rings (SSSR count). The maximum absolute atomic E-state index is 12.1. The Bertz CT molecular complexity index is 895. The minimum absolute atomic E-state index is 0.0803. The lowest BCUT2D eigenvalue weighted by Crippen LogP contribution is -2.18. The van der Waals surface area contributed by atoms with Crippen LogP contribution in [0.1, 0.15) is 24.4 Å². The number of benzene rings is 1. The van der Waals surface area contributed by atoms with Gasteiger partial charge in [0.05, 0.1) is 11.6 Å². The van der Waals surface area contributed by atoms with Crippen LogP contribution in [0.5, 0.6) is 0 Å². The Morgan fingerprint density at radius 1 is 1.32 bits per heavy atom. The van der Waals surface area contributed by atoms with E-state index in [-0.39, 0.29) is 11.6 Å². The zero-order valence-corrected chi connectivity index (χ0v) is 12.8. The van der Waals surface area contributed by atoms with Gasteiger partial charge in [0.25, 0.3) is 5.56 Å². The van der Waals surface area contributed by atoms with Crippen molar-refractivity contribution < 1.29 is 4.52 Å². The fourth-order valence-corrected chi connectivity index (χ4v) is 2.49. The summed E-state index contributed by atoms with van der Waals surface area (Å²) in [7, 11) is 1.75. The van der Waals surface area contributed by atoms with Crippen LogP contribution in [0.15, 0.2) is 39.6 Å². The predicted molar refractivity (Wildman–Crippen MR) is 86.9 cm³/mol. The summed E-state index contributed by atoms with van der Waals surface area (Å²) in [6.07, 6.45) is 0. The lowest BCUT2D eigenvalue weighted by atomic mass is 10.1. The van der Waals surface area contributed by atoms with Crippen molar-refractivity contribution in [1.29, 1.82) is 0 Å². The first kappa shape index (κ1) is 14.2. The molecular weight excluding hydrogens is 280 g/mol. The summed E-state index contributed by atoms with van der Waals surface area (Å²) < 4.78 is 6.70. The fourth-order valence-electron chi connectivity index (χ4n) is 2.49. The molecule has 22 heavy (non-hydrogen) atoms. The highest BCUT2D eigenvalue weighted by Crippen LogP contribution is 2.27. The number of pyridine rings is 1. The Hall–Kier alpha value is -2.76. The molecule has 0 bridgehead atoms. The van der Waals surface area contributed by atoms with Crippen LogP contribution in [-0.2, 0) is 7.05 Å². The van der Waals surface area contributed by atoms with Crippen LogP contribution in [-0.4, -0.2) is 9.72 Å². The van der Waals surface area contributed by atoms with E-state index in [1.165, 1.54) is 0 Å². The van der Waals surface area contributed by atoms with Crippen LogP contribution in [0.4, 0.5) is 11.4 Å². The summed E-state index contributed by atoms with van der Waals surface area (Å²) in [4.78, 5) is 12.1. The summed E-state index contributed by atoms with van der Waals surface area (Å²) >= 11 is 0. The van der Waals surface area contributed by atoms with Crippen molar-refractivity contribution in [1.82, 2.24) is 9.72 Å². The molecule has 1 unspecified atom stereocenters. The van der Waals surface area contributed by atoms with Crippen LogP contribution in [0, 0.1) is 6.92 Å². The number of fused-ring (bicyclic) bond motifs is 1. The van der Waals surface area contributed by atoms with Gasteiger partial charge in [0, 0.05) is 35.9 Å². The summed E-state index contributed by atoms with van der Waals surface area (Å²) in [5, 5.41) is 8.22. The number of anilines is 2. The first-order chi connectivity index (χ1) is 10.5. The van der Waals surface area contributed by atoms with Crippen molar-refractivity contribution in [2.45, 2.75) is 19.9 Å². The van der Waals surface area contributed by atoms with E-state index < -0.39 is 0 Å². The molecule has 6 nitrogen and oxygen atoms in total.